The second kappa shape index (κ2) is 10.1. The quantitative estimate of drug-likeness (QED) is 0.490. The van der Waals surface area contributed by atoms with E-state index in [1.807, 2.05) is 0 Å². The Kier molecular flexibility index (Phi) is 8.57. The lowest BCUT2D eigenvalue weighted by Gasteiger charge is -2.34. The normalized spacial score (nSPS) is 13.8. The minimum atomic E-state index is -1.14. The van der Waals surface area contributed by atoms with Crippen LogP contribution < -0.4 is 10.2 Å². The third-order valence-electron chi connectivity index (χ3n) is 3.88. The van der Waals surface area contributed by atoms with Gasteiger partial charge in [0.1, 0.15) is 23.1 Å². The maximum Gasteiger partial charge on any atom is 0.416 e. The molecule has 2 unspecified atom stereocenters. The topological polar surface area (TPSA) is 105 Å². The summed E-state index contributed by atoms with van der Waals surface area (Å²) < 4.78 is 24.9. The number of carbonyl (C=O) groups excluding carboxylic acids is 2. The summed E-state index contributed by atoms with van der Waals surface area (Å²) in [5, 5.41) is 12.2. The molecule has 1 aromatic rings. The summed E-state index contributed by atoms with van der Waals surface area (Å²) in [6.45, 7) is 13.4. The highest BCUT2D eigenvalue weighted by Crippen LogP contribution is 2.27. The van der Waals surface area contributed by atoms with Gasteiger partial charge in [0.25, 0.3) is 0 Å². The van der Waals surface area contributed by atoms with Crippen LogP contribution in [0.15, 0.2) is 18.2 Å². The number of ether oxygens (including phenoxy) is 2. The van der Waals surface area contributed by atoms with Crippen molar-refractivity contribution in [2.75, 3.05) is 4.90 Å². The number of hydrogen-bond donors (Lipinski definition) is 2. The maximum absolute atomic E-state index is 14.1. The van der Waals surface area contributed by atoms with Crippen molar-refractivity contribution >= 4 is 23.7 Å². The molecule has 0 aromatic heterocycles. The van der Waals surface area contributed by atoms with Gasteiger partial charge in [-0.05, 0) is 73.1 Å². The first-order valence-electron chi connectivity index (χ1n) is 10.0. The number of aliphatic carboxylic acids is 1. The standard InChI is InChI=1S/C22H33FN2O6/c1-13(19(28)30-21(3,4)5)24-14(2)25(20(29)31-22(6,7)8)17-12-16(23)10-9-15(17)11-18(26)27/h9-10,12-14,24H,11H2,1-8H3,(H,26,27). The average molecular weight is 441 g/mol. The van der Waals surface area contributed by atoms with Gasteiger partial charge in [0.15, 0.2) is 0 Å². The van der Waals surface area contributed by atoms with Crippen molar-refractivity contribution in [3.05, 3.63) is 29.6 Å². The molecule has 2 atom stereocenters. The smallest absolute Gasteiger partial charge is 0.416 e. The molecule has 2 N–H and O–H groups in total. The van der Waals surface area contributed by atoms with Crippen molar-refractivity contribution < 1.29 is 33.4 Å². The molecule has 9 heteroatoms. The van der Waals surface area contributed by atoms with Crippen LogP contribution in [0.2, 0.25) is 0 Å². The fourth-order valence-corrected chi connectivity index (χ4v) is 2.74. The van der Waals surface area contributed by atoms with E-state index in [1.165, 1.54) is 6.07 Å². The van der Waals surface area contributed by atoms with E-state index < -0.39 is 53.7 Å². The molecule has 0 fully saturated rings. The van der Waals surface area contributed by atoms with Crippen LogP contribution in [0.1, 0.15) is 61.0 Å². The van der Waals surface area contributed by atoms with Crippen molar-refractivity contribution in [3.8, 4) is 0 Å². The Morgan fingerprint density at radius 1 is 1.06 bits per heavy atom. The molecule has 0 bridgehead atoms. The van der Waals surface area contributed by atoms with Crippen molar-refractivity contribution in [1.29, 1.82) is 0 Å². The summed E-state index contributed by atoms with van der Waals surface area (Å²) in [5.74, 6) is -2.32. The van der Waals surface area contributed by atoms with E-state index in [4.69, 9.17) is 9.47 Å². The molecule has 0 aliphatic rings. The van der Waals surface area contributed by atoms with Crippen molar-refractivity contribution in [2.24, 2.45) is 0 Å². The van der Waals surface area contributed by atoms with Gasteiger partial charge < -0.3 is 14.6 Å². The predicted octanol–water partition coefficient (Wildman–Crippen LogP) is 3.86. The molecule has 1 rings (SSSR count). The summed E-state index contributed by atoms with van der Waals surface area (Å²) in [6, 6.07) is 2.69. The zero-order valence-electron chi connectivity index (χ0n) is 19.4. The number of carbonyl (C=O) groups is 3. The average Bonchev–Trinajstić information content (AvgIpc) is 2.53. The predicted molar refractivity (Wildman–Crippen MR) is 114 cm³/mol. The first-order chi connectivity index (χ1) is 14.0. The number of nitrogens with zero attached hydrogens (tertiary/aromatic N) is 1. The monoisotopic (exact) mass is 440 g/mol. The van der Waals surface area contributed by atoms with Crippen molar-refractivity contribution in [1.82, 2.24) is 5.32 Å². The van der Waals surface area contributed by atoms with E-state index in [1.54, 1.807) is 55.4 Å². The van der Waals surface area contributed by atoms with Crippen LogP contribution in [0, 0.1) is 5.82 Å². The zero-order valence-corrected chi connectivity index (χ0v) is 19.4. The highest BCUT2D eigenvalue weighted by Gasteiger charge is 2.32. The third kappa shape index (κ3) is 8.92. The molecule has 0 aliphatic carbocycles. The number of carboxylic acid groups (broad SMARTS) is 1. The summed E-state index contributed by atoms with van der Waals surface area (Å²) in [7, 11) is 0. The van der Waals surface area contributed by atoms with Crippen LogP contribution in [0.25, 0.3) is 0 Å². The van der Waals surface area contributed by atoms with Crippen LogP contribution in [-0.2, 0) is 25.5 Å². The Morgan fingerprint density at radius 3 is 2.10 bits per heavy atom. The second-order valence-corrected chi connectivity index (χ2v) is 9.29. The summed E-state index contributed by atoms with van der Waals surface area (Å²) >= 11 is 0. The van der Waals surface area contributed by atoms with E-state index in [9.17, 15) is 23.9 Å². The molecule has 8 nitrogen and oxygen atoms in total. The van der Waals surface area contributed by atoms with E-state index >= 15 is 0 Å². The summed E-state index contributed by atoms with van der Waals surface area (Å²) in [4.78, 5) is 37.8. The summed E-state index contributed by atoms with van der Waals surface area (Å²) in [5.41, 5.74) is -1.30. The van der Waals surface area contributed by atoms with Crippen LogP contribution in [0.5, 0.6) is 0 Å². The Balaban J connectivity index is 3.33. The lowest BCUT2D eigenvalue weighted by molar-refractivity contribution is -0.157. The fraction of sp³-hybridized carbons (Fsp3) is 0.591. The van der Waals surface area contributed by atoms with Gasteiger partial charge in [0.05, 0.1) is 18.3 Å². The maximum atomic E-state index is 14.1. The van der Waals surface area contributed by atoms with Gasteiger partial charge in [-0.25, -0.2) is 9.18 Å². The summed E-state index contributed by atoms with van der Waals surface area (Å²) in [6.07, 6.45) is -2.10. The fourth-order valence-electron chi connectivity index (χ4n) is 2.74. The molecule has 0 spiro atoms. The Hall–Kier alpha value is -2.68. The molecule has 0 radical (unpaired) electrons. The number of hydrogen-bond acceptors (Lipinski definition) is 6. The first kappa shape index (κ1) is 26.4. The van der Waals surface area contributed by atoms with Gasteiger partial charge in [0.2, 0.25) is 0 Å². The number of benzene rings is 1. The number of anilines is 1. The van der Waals surface area contributed by atoms with Gasteiger partial charge >= 0.3 is 18.0 Å². The number of nitrogens with one attached hydrogen (secondary N) is 1. The zero-order chi connectivity index (χ0) is 24.1. The van der Waals surface area contributed by atoms with Crippen molar-refractivity contribution in [2.45, 2.75) is 85.2 Å². The molecule has 0 aliphatic heterocycles. The molecular formula is C22H33FN2O6. The molecule has 1 aromatic carbocycles. The van der Waals surface area contributed by atoms with Crippen LogP contribution in [0.3, 0.4) is 0 Å². The SMILES string of the molecule is CC(NC(C)N(C(=O)OC(C)(C)C)c1cc(F)ccc1CC(=O)O)C(=O)OC(C)(C)C. The van der Waals surface area contributed by atoms with Crippen LogP contribution >= 0.6 is 0 Å². The largest absolute Gasteiger partial charge is 0.481 e. The van der Waals surface area contributed by atoms with E-state index in [2.05, 4.69) is 5.32 Å². The van der Waals surface area contributed by atoms with E-state index in [0.717, 1.165) is 17.0 Å². The lowest BCUT2D eigenvalue weighted by atomic mass is 10.1. The molecule has 0 saturated carbocycles. The first-order valence-corrected chi connectivity index (χ1v) is 10.0. The van der Waals surface area contributed by atoms with E-state index in [-0.39, 0.29) is 11.3 Å². The Morgan fingerprint density at radius 2 is 1.61 bits per heavy atom. The molecule has 31 heavy (non-hydrogen) atoms. The van der Waals surface area contributed by atoms with Crippen molar-refractivity contribution in [3.63, 3.8) is 0 Å². The Labute approximate surface area is 182 Å². The van der Waals surface area contributed by atoms with Gasteiger partial charge in [0, 0.05) is 0 Å². The van der Waals surface area contributed by atoms with Gasteiger partial charge in [-0.15, -0.1) is 0 Å². The molecule has 1 amide bonds. The van der Waals surface area contributed by atoms with Gasteiger partial charge in [-0.1, -0.05) is 6.07 Å². The van der Waals surface area contributed by atoms with Crippen LogP contribution in [0.4, 0.5) is 14.9 Å². The number of amides is 1. The number of halogens is 1. The molecular weight excluding hydrogens is 407 g/mol. The minimum Gasteiger partial charge on any atom is -0.481 e. The highest BCUT2D eigenvalue weighted by atomic mass is 19.1. The second-order valence-electron chi connectivity index (χ2n) is 9.29. The number of carboxylic acids is 1. The number of esters is 1. The lowest BCUT2D eigenvalue weighted by Crippen LogP contribution is -2.54. The van der Waals surface area contributed by atoms with Gasteiger partial charge in [-0.2, -0.15) is 0 Å². The van der Waals surface area contributed by atoms with Gasteiger partial charge in [-0.3, -0.25) is 19.8 Å². The highest BCUT2D eigenvalue weighted by molar-refractivity contribution is 5.90. The molecule has 0 heterocycles. The minimum absolute atomic E-state index is 0.0352. The third-order valence-corrected chi connectivity index (χ3v) is 3.88. The Bertz CT molecular complexity index is 813. The molecule has 0 saturated heterocycles. The van der Waals surface area contributed by atoms with Crippen LogP contribution in [-0.4, -0.2) is 46.5 Å². The van der Waals surface area contributed by atoms with E-state index in [0.29, 0.717) is 0 Å². The molecule has 174 valence electrons. The number of rotatable bonds is 7.